The monoisotopic (exact) mass is 340 g/mol. The van der Waals surface area contributed by atoms with Crippen LogP contribution in [-0.2, 0) is 4.79 Å². The van der Waals surface area contributed by atoms with Gasteiger partial charge in [0.05, 0.1) is 5.02 Å². The lowest BCUT2D eigenvalue weighted by Crippen LogP contribution is -2.48. The van der Waals surface area contributed by atoms with Gasteiger partial charge in [0.2, 0.25) is 0 Å². The largest absolute Gasteiger partial charge is 0.479 e. The van der Waals surface area contributed by atoms with Gasteiger partial charge < -0.3 is 15.8 Å². The molecule has 4 nitrogen and oxygen atoms in total. The van der Waals surface area contributed by atoms with Crippen LogP contribution in [0.1, 0.15) is 20.8 Å². The Hall–Kier alpha value is -0.680. The van der Waals surface area contributed by atoms with Crippen LogP contribution in [0.2, 0.25) is 10.0 Å². The molecule has 0 fully saturated rings. The zero-order valence-corrected chi connectivity index (χ0v) is 13.9. The van der Waals surface area contributed by atoms with Crippen LogP contribution in [-0.4, -0.2) is 24.1 Å². The summed E-state index contributed by atoms with van der Waals surface area (Å²) in [5, 5.41) is 3.60. The molecule has 0 aliphatic carbocycles. The van der Waals surface area contributed by atoms with Gasteiger partial charge in [-0.25, -0.2) is 0 Å². The fourth-order valence-corrected chi connectivity index (χ4v) is 1.73. The lowest BCUT2D eigenvalue weighted by atomic mass is 10.1. The molecule has 1 atom stereocenters. The van der Waals surface area contributed by atoms with Crippen LogP contribution >= 0.6 is 35.6 Å². The van der Waals surface area contributed by atoms with Crippen molar-refractivity contribution in [1.29, 1.82) is 0 Å². The van der Waals surface area contributed by atoms with Crippen molar-refractivity contribution in [1.82, 2.24) is 5.32 Å². The molecule has 0 aliphatic heterocycles. The first-order valence-corrected chi connectivity index (χ1v) is 6.63. The molecule has 1 unspecified atom stereocenters. The number of rotatable bonds is 5. The molecule has 0 aromatic heterocycles. The lowest BCUT2D eigenvalue weighted by molar-refractivity contribution is -0.127. The van der Waals surface area contributed by atoms with Crippen molar-refractivity contribution < 1.29 is 9.53 Å². The number of nitrogens with two attached hydrogens (primary N) is 1. The van der Waals surface area contributed by atoms with Crippen LogP contribution < -0.4 is 15.8 Å². The molecule has 0 bridgehead atoms. The molecule has 3 N–H and O–H groups in total. The Morgan fingerprint density at radius 1 is 1.45 bits per heavy atom. The molecule has 7 heteroatoms. The second-order valence-electron chi connectivity index (χ2n) is 5.04. The number of hydrogen-bond donors (Lipinski definition) is 2. The van der Waals surface area contributed by atoms with E-state index in [9.17, 15) is 4.79 Å². The fraction of sp³-hybridized carbons (Fsp3) is 0.462. The summed E-state index contributed by atoms with van der Waals surface area (Å²) in [4.78, 5) is 11.8. The minimum Gasteiger partial charge on any atom is -0.479 e. The van der Waals surface area contributed by atoms with E-state index in [1.165, 1.54) is 0 Å². The van der Waals surface area contributed by atoms with Crippen molar-refractivity contribution in [2.24, 2.45) is 5.73 Å². The molecule has 1 amide bonds. The van der Waals surface area contributed by atoms with Crippen molar-refractivity contribution in [2.75, 3.05) is 6.54 Å². The first-order valence-electron chi connectivity index (χ1n) is 5.87. The summed E-state index contributed by atoms with van der Waals surface area (Å²) in [6, 6.07) is 4.84. The van der Waals surface area contributed by atoms with Gasteiger partial charge in [0.15, 0.2) is 6.10 Å². The highest BCUT2D eigenvalue weighted by Gasteiger charge is 2.19. The summed E-state index contributed by atoms with van der Waals surface area (Å²) >= 11 is 11.7. The third kappa shape index (κ3) is 6.66. The number of amides is 1. The number of ether oxygens (including phenoxy) is 1. The Kier molecular flexibility index (Phi) is 7.66. The molecule has 114 valence electrons. The molecule has 20 heavy (non-hydrogen) atoms. The maximum absolute atomic E-state index is 11.8. The SMILES string of the molecule is CC(Oc1ccc(Cl)cc1Cl)C(=O)NCC(C)(C)N.Cl. The highest BCUT2D eigenvalue weighted by atomic mass is 35.5. The fourth-order valence-electron chi connectivity index (χ4n) is 1.27. The molecule has 1 aromatic carbocycles. The first-order chi connectivity index (χ1) is 8.69. The molecule has 0 radical (unpaired) electrons. The minimum atomic E-state index is -0.666. The van der Waals surface area contributed by atoms with Gasteiger partial charge in [-0.05, 0) is 39.0 Å². The zero-order valence-electron chi connectivity index (χ0n) is 11.6. The predicted octanol–water partition coefficient (Wildman–Crippen LogP) is 3.04. The number of nitrogens with one attached hydrogen (secondary N) is 1. The molecule has 1 rings (SSSR count). The average molecular weight is 342 g/mol. The van der Waals surface area contributed by atoms with E-state index < -0.39 is 11.6 Å². The van der Waals surface area contributed by atoms with Crippen LogP contribution in [0.15, 0.2) is 18.2 Å². The van der Waals surface area contributed by atoms with Crippen molar-refractivity contribution in [3.05, 3.63) is 28.2 Å². The van der Waals surface area contributed by atoms with Crippen molar-refractivity contribution in [3.8, 4) is 5.75 Å². The highest BCUT2D eigenvalue weighted by Crippen LogP contribution is 2.28. The van der Waals surface area contributed by atoms with Gasteiger partial charge in [0, 0.05) is 17.1 Å². The van der Waals surface area contributed by atoms with Crippen LogP contribution in [0.25, 0.3) is 0 Å². The third-order valence-corrected chi connectivity index (χ3v) is 2.82. The Morgan fingerprint density at radius 3 is 2.55 bits per heavy atom. The molecule has 0 aliphatic rings. The Bertz CT molecular complexity index is 461. The van der Waals surface area contributed by atoms with E-state index in [1.807, 2.05) is 13.8 Å². The van der Waals surface area contributed by atoms with Crippen molar-refractivity contribution in [3.63, 3.8) is 0 Å². The van der Waals surface area contributed by atoms with E-state index in [1.54, 1.807) is 25.1 Å². The maximum atomic E-state index is 11.8. The van der Waals surface area contributed by atoms with Crippen molar-refractivity contribution in [2.45, 2.75) is 32.4 Å². The predicted molar refractivity (Wildman–Crippen MR) is 85.1 cm³/mol. The number of benzene rings is 1. The van der Waals surface area contributed by atoms with E-state index in [-0.39, 0.29) is 18.3 Å². The van der Waals surface area contributed by atoms with E-state index in [2.05, 4.69) is 5.32 Å². The molecule has 0 heterocycles. The van der Waals surface area contributed by atoms with Gasteiger partial charge in [0.25, 0.3) is 5.91 Å². The number of carbonyl (C=O) groups is 1. The summed E-state index contributed by atoms with van der Waals surface area (Å²) in [5.41, 5.74) is 5.32. The summed E-state index contributed by atoms with van der Waals surface area (Å²) in [7, 11) is 0. The maximum Gasteiger partial charge on any atom is 0.260 e. The van der Waals surface area contributed by atoms with Crippen molar-refractivity contribution >= 4 is 41.5 Å². The molecular formula is C13H19Cl3N2O2. The molecule has 1 aromatic rings. The number of halogens is 3. The van der Waals surface area contributed by atoms with Gasteiger partial charge in [-0.15, -0.1) is 12.4 Å². The Morgan fingerprint density at radius 2 is 2.05 bits per heavy atom. The molecule has 0 saturated heterocycles. The van der Waals surface area contributed by atoms with Gasteiger partial charge in [-0.3, -0.25) is 4.79 Å². The molecule has 0 saturated carbocycles. The van der Waals surface area contributed by atoms with E-state index >= 15 is 0 Å². The summed E-state index contributed by atoms with van der Waals surface area (Å²) in [6.07, 6.45) is -0.666. The van der Waals surface area contributed by atoms with Gasteiger partial charge in [-0.2, -0.15) is 0 Å². The average Bonchev–Trinajstić information content (AvgIpc) is 2.28. The van der Waals surface area contributed by atoms with Gasteiger partial charge in [-0.1, -0.05) is 23.2 Å². The normalized spacial score (nSPS) is 12.3. The van der Waals surface area contributed by atoms with Gasteiger partial charge >= 0.3 is 0 Å². The topological polar surface area (TPSA) is 64.3 Å². The summed E-state index contributed by atoms with van der Waals surface area (Å²) < 4.78 is 5.48. The van der Waals surface area contributed by atoms with E-state index in [4.69, 9.17) is 33.7 Å². The minimum absolute atomic E-state index is 0. The van der Waals surface area contributed by atoms with E-state index in [0.717, 1.165) is 0 Å². The first kappa shape index (κ1) is 19.3. The smallest absolute Gasteiger partial charge is 0.260 e. The molecule has 0 spiro atoms. The number of carbonyl (C=O) groups excluding carboxylic acids is 1. The highest BCUT2D eigenvalue weighted by molar-refractivity contribution is 6.35. The van der Waals surface area contributed by atoms with Gasteiger partial charge in [0.1, 0.15) is 5.75 Å². The third-order valence-electron chi connectivity index (χ3n) is 2.29. The Balaban J connectivity index is 0.00000361. The second-order valence-corrected chi connectivity index (χ2v) is 5.88. The van der Waals surface area contributed by atoms with Crippen LogP contribution in [0.3, 0.4) is 0 Å². The van der Waals surface area contributed by atoms with Crippen LogP contribution in [0, 0.1) is 0 Å². The number of hydrogen-bond acceptors (Lipinski definition) is 3. The summed E-state index contributed by atoms with van der Waals surface area (Å²) in [6.45, 7) is 5.67. The Labute approximate surface area is 135 Å². The van der Waals surface area contributed by atoms with E-state index in [0.29, 0.717) is 22.3 Å². The standard InChI is InChI=1S/C13H18Cl2N2O2.ClH/c1-8(12(18)17-7-13(2,3)16)19-11-5-4-9(14)6-10(11)15;/h4-6,8H,7,16H2,1-3H3,(H,17,18);1H. The lowest BCUT2D eigenvalue weighted by Gasteiger charge is -2.21. The van der Waals surface area contributed by atoms with Crippen LogP contribution in [0.4, 0.5) is 0 Å². The summed E-state index contributed by atoms with van der Waals surface area (Å²) in [5.74, 6) is 0.172. The zero-order chi connectivity index (χ0) is 14.6. The second kappa shape index (κ2) is 7.93. The quantitative estimate of drug-likeness (QED) is 0.865. The van der Waals surface area contributed by atoms with Crippen LogP contribution in [0.5, 0.6) is 5.75 Å². The molecular weight excluding hydrogens is 323 g/mol.